The van der Waals surface area contributed by atoms with Gasteiger partial charge in [0.05, 0.1) is 4.90 Å². The van der Waals surface area contributed by atoms with Crippen molar-refractivity contribution < 1.29 is 13.2 Å². The lowest BCUT2D eigenvalue weighted by Crippen LogP contribution is -2.40. The smallest absolute Gasteiger partial charge is 0.258 e. The summed E-state index contributed by atoms with van der Waals surface area (Å²) in [6, 6.07) is 11.1. The molecule has 2 N–H and O–H groups in total. The number of benzene rings is 1. The average Bonchev–Trinajstić information content (AvgIpc) is 2.96. The number of amides is 1. The van der Waals surface area contributed by atoms with E-state index in [9.17, 15) is 13.2 Å². The van der Waals surface area contributed by atoms with Gasteiger partial charge in [0, 0.05) is 17.3 Å². The Morgan fingerprint density at radius 3 is 2.38 bits per heavy atom. The molecular formula is C17H19N5O3S. The number of carbonyl (C=O) groups excluding carboxylic acids is 1. The van der Waals surface area contributed by atoms with Crippen LogP contribution in [0, 0.1) is 0 Å². The molecule has 2 aromatic heterocycles. The first-order valence-electron chi connectivity index (χ1n) is 7.91. The second kappa shape index (κ2) is 6.50. The SMILES string of the molecule is CC(C)(C)NS(=O)(=O)c1ccc(C(=O)Nc2nnc3ccccn23)cc1. The van der Waals surface area contributed by atoms with Gasteiger partial charge in [-0.15, -0.1) is 10.2 Å². The molecule has 0 bridgehead atoms. The summed E-state index contributed by atoms with van der Waals surface area (Å²) in [4.78, 5) is 12.5. The van der Waals surface area contributed by atoms with E-state index in [2.05, 4.69) is 20.2 Å². The number of hydrogen-bond acceptors (Lipinski definition) is 5. The third kappa shape index (κ3) is 3.89. The fraction of sp³-hybridized carbons (Fsp3) is 0.235. The summed E-state index contributed by atoms with van der Waals surface area (Å²) < 4.78 is 28.8. The van der Waals surface area contributed by atoms with Gasteiger partial charge >= 0.3 is 0 Å². The van der Waals surface area contributed by atoms with Gasteiger partial charge in [-0.05, 0) is 57.2 Å². The van der Waals surface area contributed by atoms with Gasteiger partial charge in [0.2, 0.25) is 16.0 Å². The Labute approximate surface area is 151 Å². The summed E-state index contributed by atoms with van der Waals surface area (Å²) in [7, 11) is -3.65. The van der Waals surface area contributed by atoms with Gasteiger partial charge < -0.3 is 0 Å². The van der Waals surface area contributed by atoms with Crippen molar-refractivity contribution in [1.29, 1.82) is 0 Å². The lowest BCUT2D eigenvalue weighted by Gasteiger charge is -2.20. The van der Waals surface area contributed by atoms with Crippen LogP contribution >= 0.6 is 0 Å². The second-order valence-corrected chi connectivity index (χ2v) is 8.47. The molecule has 136 valence electrons. The van der Waals surface area contributed by atoms with Gasteiger partial charge in [0.15, 0.2) is 5.65 Å². The van der Waals surface area contributed by atoms with Crippen LogP contribution in [0.3, 0.4) is 0 Å². The normalized spacial score (nSPS) is 12.3. The molecule has 3 aromatic rings. The molecule has 0 aliphatic carbocycles. The molecule has 0 aliphatic heterocycles. The van der Waals surface area contributed by atoms with E-state index in [4.69, 9.17) is 0 Å². The van der Waals surface area contributed by atoms with Gasteiger partial charge in [-0.3, -0.25) is 14.5 Å². The highest BCUT2D eigenvalue weighted by Gasteiger charge is 2.22. The number of hydrogen-bond donors (Lipinski definition) is 2. The number of nitrogens with one attached hydrogen (secondary N) is 2. The zero-order valence-corrected chi connectivity index (χ0v) is 15.4. The summed E-state index contributed by atoms with van der Waals surface area (Å²) in [5.41, 5.74) is 0.328. The van der Waals surface area contributed by atoms with Crippen LogP contribution in [-0.2, 0) is 10.0 Å². The number of nitrogens with zero attached hydrogens (tertiary/aromatic N) is 3. The molecule has 3 rings (SSSR count). The van der Waals surface area contributed by atoms with Gasteiger partial charge in [-0.2, -0.15) is 0 Å². The van der Waals surface area contributed by atoms with E-state index in [0.29, 0.717) is 11.2 Å². The highest BCUT2D eigenvalue weighted by atomic mass is 32.2. The van der Waals surface area contributed by atoms with Crippen LogP contribution in [0.4, 0.5) is 5.95 Å². The molecule has 0 spiro atoms. The minimum atomic E-state index is -3.65. The lowest BCUT2D eigenvalue weighted by atomic mass is 10.1. The van der Waals surface area contributed by atoms with Crippen LogP contribution in [0.15, 0.2) is 53.6 Å². The summed E-state index contributed by atoms with van der Waals surface area (Å²) in [5.74, 6) is -0.118. The van der Waals surface area contributed by atoms with Gasteiger partial charge in [-0.1, -0.05) is 6.07 Å². The lowest BCUT2D eigenvalue weighted by molar-refractivity contribution is 0.102. The van der Waals surface area contributed by atoms with E-state index >= 15 is 0 Å². The topological polar surface area (TPSA) is 105 Å². The molecule has 0 saturated carbocycles. The number of pyridine rings is 1. The van der Waals surface area contributed by atoms with Crippen molar-refractivity contribution in [2.24, 2.45) is 0 Å². The van der Waals surface area contributed by atoms with Crippen LogP contribution in [-0.4, -0.2) is 34.5 Å². The molecule has 9 heteroatoms. The fourth-order valence-corrected chi connectivity index (χ4v) is 3.77. The fourth-order valence-electron chi connectivity index (χ4n) is 2.35. The predicted molar refractivity (Wildman–Crippen MR) is 97.5 cm³/mol. The molecular weight excluding hydrogens is 354 g/mol. The molecule has 0 radical (unpaired) electrons. The zero-order valence-electron chi connectivity index (χ0n) is 14.6. The Bertz CT molecular complexity index is 1050. The highest BCUT2D eigenvalue weighted by molar-refractivity contribution is 7.89. The maximum absolute atomic E-state index is 12.4. The van der Waals surface area contributed by atoms with Crippen molar-refractivity contribution in [2.45, 2.75) is 31.2 Å². The summed E-state index contributed by atoms with van der Waals surface area (Å²) in [5, 5.41) is 10.6. The molecule has 0 atom stereocenters. The van der Waals surface area contributed by atoms with Crippen LogP contribution in [0.1, 0.15) is 31.1 Å². The Kier molecular flexibility index (Phi) is 4.51. The quantitative estimate of drug-likeness (QED) is 0.728. The van der Waals surface area contributed by atoms with E-state index in [-0.39, 0.29) is 10.8 Å². The third-order valence-corrected chi connectivity index (χ3v) is 5.18. The van der Waals surface area contributed by atoms with E-state index in [1.54, 1.807) is 43.5 Å². The van der Waals surface area contributed by atoms with Crippen molar-refractivity contribution in [1.82, 2.24) is 19.3 Å². The molecule has 0 unspecified atom stereocenters. The van der Waals surface area contributed by atoms with Gasteiger partial charge in [0.1, 0.15) is 0 Å². The number of aromatic nitrogens is 3. The van der Waals surface area contributed by atoms with E-state index in [0.717, 1.165) is 0 Å². The van der Waals surface area contributed by atoms with E-state index < -0.39 is 21.5 Å². The molecule has 0 fully saturated rings. The maximum Gasteiger partial charge on any atom is 0.258 e. The van der Waals surface area contributed by atoms with Crippen molar-refractivity contribution in [3.05, 3.63) is 54.2 Å². The summed E-state index contributed by atoms with van der Waals surface area (Å²) >= 11 is 0. The predicted octanol–water partition coefficient (Wildman–Crippen LogP) is 2.06. The van der Waals surface area contributed by atoms with Gasteiger partial charge in [-0.25, -0.2) is 13.1 Å². The van der Waals surface area contributed by atoms with Gasteiger partial charge in [0.25, 0.3) is 5.91 Å². The second-order valence-electron chi connectivity index (χ2n) is 6.79. The Hall–Kier alpha value is -2.78. The number of sulfonamides is 1. The summed E-state index contributed by atoms with van der Waals surface area (Å²) in [6.07, 6.45) is 1.73. The van der Waals surface area contributed by atoms with Crippen molar-refractivity contribution in [2.75, 3.05) is 5.32 Å². The average molecular weight is 373 g/mol. The molecule has 2 heterocycles. The Morgan fingerprint density at radius 2 is 1.73 bits per heavy atom. The van der Waals surface area contributed by atoms with E-state index in [1.807, 2.05) is 6.07 Å². The number of rotatable bonds is 4. The minimum Gasteiger partial charge on any atom is -0.290 e. The maximum atomic E-state index is 12.4. The monoisotopic (exact) mass is 373 g/mol. The highest BCUT2D eigenvalue weighted by Crippen LogP contribution is 2.15. The number of carbonyl (C=O) groups is 1. The van der Waals surface area contributed by atoms with Crippen LogP contribution < -0.4 is 10.0 Å². The largest absolute Gasteiger partial charge is 0.290 e. The molecule has 0 saturated heterocycles. The summed E-state index contributed by atoms with van der Waals surface area (Å²) in [6.45, 7) is 5.28. The number of fused-ring (bicyclic) bond motifs is 1. The first kappa shape index (κ1) is 18.0. The van der Waals surface area contributed by atoms with Crippen LogP contribution in [0.2, 0.25) is 0 Å². The first-order chi connectivity index (χ1) is 12.2. The minimum absolute atomic E-state index is 0.0944. The van der Waals surface area contributed by atoms with Crippen LogP contribution in [0.5, 0.6) is 0 Å². The van der Waals surface area contributed by atoms with Crippen LogP contribution in [0.25, 0.3) is 5.65 Å². The van der Waals surface area contributed by atoms with Crippen molar-refractivity contribution >= 4 is 27.5 Å². The van der Waals surface area contributed by atoms with Crippen molar-refractivity contribution in [3.8, 4) is 0 Å². The Balaban J connectivity index is 1.79. The first-order valence-corrected chi connectivity index (χ1v) is 9.39. The Morgan fingerprint density at radius 1 is 1.04 bits per heavy atom. The molecule has 1 amide bonds. The zero-order chi connectivity index (χ0) is 18.9. The molecule has 26 heavy (non-hydrogen) atoms. The van der Waals surface area contributed by atoms with Crippen molar-refractivity contribution in [3.63, 3.8) is 0 Å². The molecule has 0 aliphatic rings. The van der Waals surface area contributed by atoms with E-state index in [1.165, 1.54) is 24.3 Å². The standard InChI is InChI=1S/C17H19N5O3S/c1-17(2,3)21-26(24,25)13-9-7-12(8-10-13)15(23)18-16-20-19-14-6-4-5-11-22(14)16/h4-11,21H,1-3H3,(H,18,20,23). The number of anilines is 1. The molecule has 1 aromatic carbocycles. The molecule has 8 nitrogen and oxygen atoms in total. The third-order valence-electron chi connectivity index (χ3n) is 3.41.